The lowest BCUT2D eigenvalue weighted by Crippen LogP contribution is -2.50. The van der Waals surface area contributed by atoms with Crippen LogP contribution in [0.25, 0.3) is 21.8 Å². The SMILES string of the molecule is Cc1c(N2CCN(C(=O)OC(C)(C)C)CC2)nc2cc(F)cc(F)c2c1Nc1cccc(N2CCOCC2)n1.Cc1c(N2CCNCC2)nc2cc(F)cc(F)c2c1Nc1cccc(N2CCOCC2)n1. The highest BCUT2D eigenvalue weighted by molar-refractivity contribution is 5.98. The van der Waals surface area contributed by atoms with Crippen molar-refractivity contribution in [3.05, 3.63) is 95.1 Å². The van der Waals surface area contributed by atoms with Crippen molar-refractivity contribution in [3.63, 3.8) is 0 Å². The highest BCUT2D eigenvalue weighted by atomic mass is 19.1. The molecule has 0 radical (unpaired) electrons. The van der Waals surface area contributed by atoms with Gasteiger partial charge < -0.3 is 54.7 Å². The van der Waals surface area contributed by atoms with Gasteiger partial charge >= 0.3 is 6.09 Å². The van der Waals surface area contributed by atoms with Crippen LogP contribution < -0.4 is 35.6 Å². The molecule has 4 aliphatic rings. The van der Waals surface area contributed by atoms with E-state index in [2.05, 4.69) is 40.6 Å². The van der Waals surface area contributed by atoms with Crippen molar-refractivity contribution in [1.29, 1.82) is 0 Å². The van der Waals surface area contributed by atoms with E-state index < -0.39 is 28.9 Å². The van der Waals surface area contributed by atoms with Gasteiger partial charge in [0.1, 0.15) is 63.8 Å². The Labute approximate surface area is 410 Å². The zero-order valence-corrected chi connectivity index (χ0v) is 40.8. The Morgan fingerprint density at radius 2 is 1.03 bits per heavy atom. The van der Waals surface area contributed by atoms with Crippen molar-refractivity contribution in [2.24, 2.45) is 0 Å². The largest absolute Gasteiger partial charge is 0.444 e. The Morgan fingerprint density at radius 1 is 0.592 bits per heavy atom. The number of halogens is 4. The zero-order valence-electron chi connectivity index (χ0n) is 40.8. The zero-order chi connectivity index (χ0) is 49.8. The average molecular weight is 981 g/mol. The normalized spacial score (nSPS) is 16.8. The molecule has 4 fully saturated rings. The summed E-state index contributed by atoms with van der Waals surface area (Å²) in [6.07, 6.45) is -0.358. The Balaban J connectivity index is 0.000000179. The molecule has 6 aromatic rings. The number of hydrogen-bond donors (Lipinski definition) is 3. The minimum Gasteiger partial charge on any atom is -0.444 e. The number of amides is 1. The first-order valence-electron chi connectivity index (χ1n) is 24.1. The van der Waals surface area contributed by atoms with Crippen LogP contribution in [0.3, 0.4) is 0 Å². The molecular formula is C51H60F4N12O4. The number of benzene rings is 2. The molecule has 0 atom stereocenters. The quantitative estimate of drug-likeness (QED) is 0.126. The summed E-state index contributed by atoms with van der Waals surface area (Å²) in [5.74, 6) is 1.42. The molecule has 10 rings (SSSR count). The number of carbonyl (C=O) groups excluding carboxylic acids is 1. The maximum absolute atomic E-state index is 15.2. The van der Waals surface area contributed by atoms with Crippen LogP contribution in [0.15, 0.2) is 60.7 Å². The monoisotopic (exact) mass is 980 g/mol. The number of fused-ring (bicyclic) bond motifs is 2. The molecular weight excluding hydrogens is 921 g/mol. The van der Waals surface area contributed by atoms with Gasteiger partial charge in [-0.1, -0.05) is 12.1 Å². The van der Waals surface area contributed by atoms with Crippen molar-refractivity contribution < 1.29 is 36.6 Å². The van der Waals surface area contributed by atoms with E-state index in [-0.39, 0.29) is 27.9 Å². The smallest absolute Gasteiger partial charge is 0.410 e. The lowest BCUT2D eigenvalue weighted by atomic mass is 10.1. The molecule has 0 bridgehead atoms. The van der Waals surface area contributed by atoms with Crippen molar-refractivity contribution in [3.8, 4) is 0 Å². The summed E-state index contributed by atoms with van der Waals surface area (Å²) < 4.78 is 74.8. The molecule has 71 heavy (non-hydrogen) atoms. The molecule has 4 aromatic heterocycles. The molecule has 0 saturated carbocycles. The molecule has 8 heterocycles. The average Bonchev–Trinajstić information content (AvgIpc) is 3.36. The number of nitrogens with zero attached hydrogens (tertiary/aromatic N) is 9. The van der Waals surface area contributed by atoms with Gasteiger partial charge in [0, 0.05) is 114 Å². The van der Waals surface area contributed by atoms with Gasteiger partial charge in [-0.3, -0.25) is 0 Å². The Kier molecular flexibility index (Phi) is 14.8. The maximum atomic E-state index is 15.2. The van der Waals surface area contributed by atoms with E-state index in [1.54, 1.807) is 4.90 Å². The molecule has 4 aliphatic heterocycles. The Hall–Kier alpha value is -6.77. The first kappa shape index (κ1) is 49.2. The summed E-state index contributed by atoms with van der Waals surface area (Å²) in [6.45, 7) is 20.0. The second kappa shape index (κ2) is 21.3. The number of anilines is 8. The van der Waals surface area contributed by atoms with Crippen LogP contribution >= 0.6 is 0 Å². The summed E-state index contributed by atoms with van der Waals surface area (Å²) in [5, 5.41) is 10.4. The molecule has 3 N–H and O–H groups in total. The molecule has 2 aromatic carbocycles. The van der Waals surface area contributed by atoms with Crippen molar-refractivity contribution in [2.75, 3.05) is 135 Å². The molecule has 1 amide bonds. The lowest BCUT2D eigenvalue weighted by Gasteiger charge is -2.37. The van der Waals surface area contributed by atoms with Crippen molar-refractivity contribution in [2.45, 2.75) is 40.2 Å². The number of nitrogens with one attached hydrogen (secondary N) is 3. The third kappa shape index (κ3) is 11.4. The predicted octanol–water partition coefficient (Wildman–Crippen LogP) is 8.06. The Morgan fingerprint density at radius 3 is 1.46 bits per heavy atom. The van der Waals surface area contributed by atoms with Gasteiger partial charge in [-0.05, 0) is 58.9 Å². The first-order chi connectivity index (χ1) is 34.2. The van der Waals surface area contributed by atoms with E-state index in [9.17, 15) is 18.0 Å². The fraction of sp³-hybridized carbons (Fsp3) is 0.431. The number of piperazine rings is 2. The topological polar surface area (TPSA) is 149 Å². The number of ether oxygens (including phenoxy) is 3. The highest BCUT2D eigenvalue weighted by Crippen LogP contribution is 2.39. The number of rotatable bonds is 8. The number of aromatic nitrogens is 4. The molecule has 376 valence electrons. The van der Waals surface area contributed by atoms with Crippen LogP contribution in [0.5, 0.6) is 0 Å². The molecule has 0 unspecified atom stereocenters. The molecule has 20 heteroatoms. The van der Waals surface area contributed by atoms with E-state index in [0.29, 0.717) is 87.0 Å². The first-order valence-corrected chi connectivity index (χ1v) is 24.1. The van der Waals surface area contributed by atoms with Crippen LogP contribution in [0.1, 0.15) is 31.9 Å². The van der Waals surface area contributed by atoms with Crippen LogP contribution in [0.2, 0.25) is 0 Å². The van der Waals surface area contributed by atoms with Crippen molar-refractivity contribution in [1.82, 2.24) is 30.2 Å². The van der Waals surface area contributed by atoms with Crippen molar-refractivity contribution >= 4 is 74.2 Å². The fourth-order valence-electron chi connectivity index (χ4n) is 9.20. The summed E-state index contributed by atoms with van der Waals surface area (Å²) in [5.41, 5.74) is 2.47. The van der Waals surface area contributed by atoms with Gasteiger partial charge in [0.15, 0.2) is 0 Å². The van der Waals surface area contributed by atoms with E-state index in [0.717, 1.165) is 87.5 Å². The van der Waals surface area contributed by atoms with Crippen LogP contribution in [-0.2, 0) is 14.2 Å². The Bertz CT molecular complexity index is 2880. The van der Waals surface area contributed by atoms with E-state index in [1.807, 2.05) is 75.9 Å². The van der Waals surface area contributed by atoms with Crippen LogP contribution in [-0.4, -0.2) is 141 Å². The second-order valence-electron chi connectivity index (χ2n) is 18.8. The minimum absolute atomic E-state index is 0.198. The second-order valence-corrected chi connectivity index (χ2v) is 18.8. The summed E-state index contributed by atoms with van der Waals surface area (Å²) >= 11 is 0. The fourth-order valence-corrected chi connectivity index (χ4v) is 9.20. The van der Waals surface area contributed by atoms with Gasteiger partial charge in [0.2, 0.25) is 0 Å². The standard InChI is InChI=1S/C28H34F2N6O3.C23H26F2N6O/c1-18-25(33-22-6-5-7-23(32-22)34-12-14-38-15-13-34)24-20(30)16-19(29)17-21(24)31-26(18)35-8-10-36(11-9-35)27(37)39-28(2,3)4;1-15-22(29-19-3-2-4-20(28-19)30-9-11-32-12-10-30)21-17(25)13-16(24)14-18(21)27-23(15)31-7-5-26-6-8-31/h5-7,16-17H,8-15H2,1-4H3,(H,31,32,33);2-4,13-14,26H,5-12H2,1H3,(H,27,28,29). The number of hydrogen-bond acceptors (Lipinski definition) is 15. The summed E-state index contributed by atoms with van der Waals surface area (Å²) in [7, 11) is 0. The van der Waals surface area contributed by atoms with E-state index in [1.165, 1.54) is 12.1 Å². The molecule has 4 saturated heterocycles. The van der Waals surface area contributed by atoms with E-state index >= 15 is 4.39 Å². The lowest BCUT2D eigenvalue weighted by molar-refractivity contribution is 0.0240. The predicted molar refractivity (Wildman–Crippen MR) is 269 cm³/mol. The van der Waals surface area contributed by atoms with Gasteiger partial charge in [-0.2, -0.15) is 0 Å². The van der Waals surface area contributed by atoms with Gasteiger partial charge in [-0.25, -0.2) is 42.3 Å². The molecule has 0 spiro atoms. The highest BCUT2D eigenvalue weighted by Gasteiger charge is 2.29. The minimum atomic E-state index is -0.700. The van der Waals surface area contributed by atoms with Crippen LogP contribution in [0.4, 0.5) is 68.6 Å². The van der Waals surface area contributed by atoms with Gasteiger partial charge in [0.05, 0.1) is 59.6 Å². The third-order valence-corrected chi connectivity index (χ3v) is 12.7. The van der Waals surface area contributed by atoms with Crippen LogP contribution in [0, 0.1) is 37.1 Å². The van der Waals surface area contributed by atoms with Gasteiger partial charge in [0.25, 0.3) is 0 Å². The maximum Gasteiger partial charge on any atom is 0.410 e. The third-order valence-electron chi connectivity index (χ3n) is 12.7. The molecule has 16 nitrogen and oxygen atoms in total. The number of carbonyl (C=O) groups is 1. The summed E-state index contributed by atoms with van der Waals surface area (Å²) in [4.78, 5) is 41.5. The summed E-state index contributed by atoms with van der Waals surface area (Å²) in [6, 6.07) is 15.7. The van der Waals surface area contributed by atoms with Gasteiger partial charge in [-0.15, -0.1) is 0 Å². The number of pyridine rings is 4. The number of morpholine rings is 2. The van der Waals surface area contributed by atoms with E-state index in [4.69, 9.17) is 24.2 Å². The molecule has 0 aliphatic carbocycles.